The minimum Gasteiger partial charge on any atom is -0.327 e. The van der Waals surface area contributed by atoms with Gasteiger partial charge in [-0.2, -0.15) is 0 Å². The van der Waals surface area contributed by atoms with Crippen molar-refractivity contribution in [1.29, 1.82) is 0 Å². The van der Waals surface area contributed by atoms with Crippen molar-refractivity contribution in [3.05, 3.63) is 38.3 Å². The Hall–Kier alpha value is -0.940. The zero-order valence-electron chi connectivity index (χ0n) is 10.1. The predicted molar refractivity (Wildman–Crippen MR) is 74.4 cm³/mol. The van der Waals surface area contributed by atoms with Crippen LogP contribution in [0.25, 0.3) is 0 Å². The molecule has 4 nitrogen and oxygen atoms in total. The fourth-order valence-electron chi connectivity index (χ4n) is 2.62. The molecule has 1 unspecified atom stereocenters. The fourth-order valence-corrected chi connectivity index (χ4v) is 3.15. The molecule has 98 valence electrons. The zero-order valence-corrected chi connectivity index (χ0v) is 11.7. The van der Waals surface area contributed by atoms with Crippen molar-refractivity contribution in [3.8, 4) is 0 Å². The Morgan fingerprint density at radius 1 is 1.44 bits per heavy atom. The molecular formula is C13H17BrN2O2. The second-order valence-corrected chi connectivity index (χ2v) is 5.80. The maximum absolute atomic E-state index is 10.7. The van der Waals surface area contributed by atoms with Gasteiger partial charge < -0.3 is 5.73 Å². The van der Waals surface area contributed by atoms with Crippen LogP contribution >= 0.6 is 15.9 Å². The van der Waals surface area contributed by atoms with Crippen LogP contribution in [0.5, 0.6) is 0 Å². The van der Waals surface area contributed by atoms with Gasteiger partial charge in [0.25, 0.3) is 5.69 Å². The van der Waals surface area contributed by atoms with Gasteiger partial charge in [0.05, 0.1) is 4.92 Å². The van der Waals surface area contributed by atoms with E-state index in [-0.39, 0.29) is 16.7 Å². The first-order valence-electron chi connectivity index (χ1n) is 6.26. The van der Waals surface area contributed by atoms with Crippen LogP contribution in [0.2, 0.25) is 0 Å². The van der Waals surface area contributed by atoms with Crippen LogP contribution in [-0.4, -0.2) is 11.0 Å². The Bertz CT molecular complexity index is 445. The molecule has 1 saturated carbocycles. The zero-order chi connectivity index (χ0) is 13.1. The standard InChI is InChI=1S/C13H17BrN2O2/c14-12-8-11(16(17)18)6-5-10(12)7-13(15)9-3-1-2-4-9/h5-6,8-9,13H,1-4,7,15H2. The van der Waals surface area contributed by atoms with Crippen molar-refractivity contribution >= 4 is 21.6 Å². The molecule has 5 heteroatoms. The van der Waals surface area contributed by atoms with Crippen LogP contribution in [0.4, 0.5) is 5.69 Å². The molecule has 0 bridgehead atoms. The van der Waals surface area contributed by atoms with E-state index in [9.17, 15) is 10.1 Å². The van der Waals surface area contributed by atoms with Crippen molar-refractivity contribution in [2.75, 3.05) is 0 Å². The first kappa shape index (κ1) is 13.5. The van der Waals surface area contributed by atoms with E-state index in [2.05, 4.69) is 15.9 Å². The fraction of sp³-hybridized carbons (Fsp3) is 0.538. The third-order valence-electron chi connectivity index (χ3n) is 3.71. The van der Waals surface area contributed by atoms with E-state index in [0.29, 0.717) is 5.92 Å². The molecule has 18 heavy (non-hydrogen) atoms. The summed E-state index contributed by atoms with van der Waals surface area (Å²) in [5, 5.41) is 10.7. The summed E-state index contributed by atoms with van der Waals surface area (Å²) in [5.74, 6) is 0.604. The van der Waals surface area contributed by atoms with Gasteiger partial charge >= 0.3 is 0 Å². The molecule has 0 radical (unpaired) electrons. The number of rotatable bonds is 4. The summed E-state index contributed by atoms with van der Waals surface area (Å²) in [4.78, 5) is 10.3. The number of benzene rings is 1. The maximum Gasteiger partial charge on any atom is 0.270 e. The first-order chi connectivity index (χ1) is 8.58. The lowest BCUT2D eigenvalue weighted by molar-refractivity contribution is -0.384. The van der Waals surface area contributed by atoms with Gasteiger partial charge in [0.2, 0.25) is 0 Å². The van der Waals surface area contributed by atoms with Crippen molar-refractivity contribution in [1.82, 2.24) is 0 Å². The number of halogens is 1. The molecule has 0 amide bonds. The lowest BCUT2D eigenvalue weighted by Gasteiger charge is -2.19. The molecule has 0 spiro atoms. The Kier molecular flexibility index (Phi) is 4.35. The molecule has 0 aromatic heterocycles. The summed E-state index contributed by atoms with van der Waals surface area (Å²) < 4.78 is 0.783. The van der Waals surface area contributed by atoms with E-state index in [1.54, 1.807) is 18.2 Å². The minimum atomic E-state index is -0.383. The summed E-state index contributed by atoms with van der Waals surface area (Å²) in [7, 11) is 0. The predicted octanol–water partition coefficient (Wildman–Crippen LogP) is 3.42. The monoisotopic (exact) mass is 312 g/mol. The average Bonchev–Trinajstić information content (AvgIpc) is 2.85. The maximum atomic E-state index is 10.7. The summed E-state index contributed by atoms with van der Waals surface area (Å²) in [6, 6.07) is 5.06. The van der Waals surface area contributed by atoms with Gasteiger partial charge in [-0.15, -0.1) is 0 Å². The summed E-state index contributed by atoms with van der Waals surface area (Å²) in [6.45, 7) is 0. The van der Waals surface area contributed by atoms with Gasteiger partial charge in [-0.1, -0.05) is 34.8 Å². The summed E-state index contributed by atoms with van der Waals surface area (Å²) >= 11 is 3.39. The van der Waals surface area contributed by atoms with Gasteiger partial charge in [-0.3, -0.25) is 10.1 Å². The Balaban J connectivity index is 2.06. The number of hydrogen-bond acceptors (Lipinski definition) is 3. The third kappa shape index (κ3) is 3.09. The smallest absolute Gasteiger partial charge is 0.270 e. The van der Waals surface area contributed by atoms with Gasteiger partial charge in [0.15, 0.2) is 0 Å². The van der Waals surface area contributed by atoms with E-state index >= 15 is 0 Å². The Morgan fingerprint density at radius 3 is 2.67 bits per heavy atom. The van der Waals surface area contributed by atoms with Crippen LogP contribution in [0, 0.1) is 16.0 Å². The number of nitrogens with two attached hydrogens (primary N) is 1. The van der Waals surface area contributed by atoms with Crippen LogP contribution in [0.1, 0.15) is 31.2 Å². The minimum absolute atomic E-state index is 0.111. The number of non-ortho nitro benzene ring substituents is 1. The highest BCUT2D eigenvalue weighted by Crippen LogP contribution is 2.30. The SMILES string of the molecule is NC(Cc1ccc([N+](=O)[O-])cc1Br)C1CCCC1. The van der Waals surface area contributed by atoms with Gasteiger partial charge in [0, 0.05) is 22.6 Å². The molecule has 0 saturated heterocycles. The molecular weight excluding hydrogens is 296 g/mol. The van der Waals surface area contributed by atoms with Crippen LogP contribution < -0.4 is 5.73 Å². The van der Waals surface area contributed by atoms with Crippen LogP contribution in [0.3, 0.4) is 0 Å². The van der Waals surface area contributed by atoms with E-state index in [4.69, 9.17) is 5.73 Å². The second-order valence-electron chi connectivity index (χ2n) is 4.95. The molecule has 1 atom stereocenters. The molecule has 2 N–H and O–H groups in total. The van der Waals surface area contributed by atoms with Crippen molar-refractivity contribution in [2.45, 2.75) is 38.1 Å². The lowest BCUT2D eigenvalue weighted by atomic mass is 9.93. The Morgan fingerprint density at radius 2 is 2.11 bits per heavy atom. The molecule has 1 aromatic rings. The molecule has 1 aliphatic rings. The third-order valence-corrected chi connectivity index (χ3v) is 4.45. The van der Waals surface area contributed by atoms with Gasteiger partial charge in [0.1, 0.15) is 0 Å². The van der Waals surface area contributed by atoms with Crippen molar-refractivity contribution in [2.24, 2.45) is 11.7 Å². The highest BCUT2D eigenvalue weighted by Gasteiger charge is 2.23. The topological polar surface area (TPSA) is 69.2 Å². The van der Waals surface area contributed by atoms with Gasteiger partial charge in [-0.25, -0.2) is 0 Å². The van der Waals surface area contributed by atoms with E-state index in [1.165, 1.54) is 25.7 Å². The first-order valence-corrected chi connectivity index (χ1v) is 7.05. The molecule has 2 rings (SSSR count). The lowest BCUT2D eigenvalue weighted by Crippen LogP contribution is -2.30. The molecule has 1 fully saturated rings. The van der Waals surface area contributed by atoms with E-state index in [1.807, 2.05) is 0 Å². The summed E-state index contributed by atoms with van der Waals surface area (Å²) in [5.41, 5.74) is 7.39. The van der Waals surface area contributed by atoms with Gasteiger partial charge in [-0.05, 0) is 30.7 Å². The highest BCUT2D eigenvalue weighted by molar-refractivity contribution is 9.10. The number of hydrogen-bond donors (Lipinski definition) is 1. The van der Waals surface area contributed by atoms with Crippen LogP contribution in [-0.2, 0) is 6.42 Å². The second kappa shape index (κ2) is 5.80. The largest absolute Gasteiger partial charge is 0.327 e. The van der Waals surface area contributed by atoms with Crippen molar-refractivity contribution in [3.63, 3.8) is 0 Å². The normalized spacial score (nSPS) is 17.9. The quantitative estimate of drug-likeness (QED) is 0.684. The van der Waals surface area contributed by atoms with Crippen molar-refractivity contribution < 1.29 is 4.92 Å². The average molecular weight is 313 g/mol. The highest BCUT2D eigenvalue weighted by atomic mass is 79.9. The van der Waals surface area contributed by atoms with E-state index in [0.717, 1.165) is 16.5 Å². The van der Waals surface area contributed by atoms with Crippen LogP contribution in [0.15, 0.2) is 22.7 Å². The number of nitrogens with zero attached hydrogens (tertiary/aromatic N) is 1. The summed E-state index contributed by atoms with van der Waals surface area (Å²) in [6.07, 6.45) is 5.76. The number of nitro groups is 1. The number of nitro benzene ring substituents is 1. The van der Waals surface area contributed by atoms with E-state index < -0.39 is 0 Å². The molecule has 0 heterocycles. The molecule has 0 aliphatic heterocycles. The molecule has 1 aromatic carbocycles. The molecule has 1 aliphatic carbocycles. The Labute approximate surface area is 115 Å².